The monoisotopic (exact) mass is 289 g/mol. The van der Waals surface area contributed by atoms with E-state index in [9.17, 15) is 4.79 Å². The molecule has 0 aliphatic carbocycles. The number of aromatic nitrogens is 2. The quantitative estimate of drug-likeness (QED) is 0.884. The molecule has 2 rings (SSSR count). The fourth-order valence-corrected chi connectivity index (χ4v) is 1.79. The van der Waals surface area contributed by atoms with E-state index < -0.39 is 0 Å². The van der Waals surface area contributed by atoms with Crippen LogP contribution in [0.2, 0.25) is 0 Å². The topological polar surface area (TPSA) is 77.2 Å². The summed E-state index contributed by atoms with van der Waals surface area (Å²) in [7, 11) is 1.57. The molecule has 1 N–H and O–H groups in total. The van der Waals surface area contributed by atoms with E-state index in [-0.39, 0.29) is 18.2 Å². The van der Waals surface area contributed by atoms with Crippen LogP contribution in [0, 0.1) is 0 Å². The summed E-state index contributed by atoms with van der Waals surface area (Å²) in [6, 6.07) is 7.27. The van der Waals surface area contributed by atoms with Gasteiger partial charge in [-0.2, -0.15) is 4.98 Å². The van der Waals surface area contributed by atoms with Gasteiger partial charge >= 0.3 is 0 Å². The molecule has 1 amide bonds. The molecule has 2 aromatic rings. The normalized spacial score (nSPS) is 10.7. The number of anilines is 1. The second-order valence-electron chi connectivity index (χ2n) is 4.95. The minimum atomic E-state index is -0.121. The maximum Gasteiger partial charge on any atom is 0.227 e. The lowest BCUT2D eigenvalue weighted by Gasteiger charge is -2.08. The van der Waals surface area contributed by atoms with Gasteiger partial charge in [0.1, 0.15) is 5.75 Å². The molecule has 1 aromatic heterocycles. The number of aryl methyl sites for hydroxylation is 1. The Hall–Kier alpha value is -2.37. The summed E-state index contributed by atoms with van der Waals surface area (Å²) in [5.41, 5.74) is 0.651. The van der Waals surface area contributed by atoms with Crippen molar-refractivity contribution < 1.29 is 14.1 Å². The minimum absolute atomic E-state index is 0.121. The van der Waals surface area contributed by atoms with Crippen LogP contribution in [0.5, 0.6) is 5.75 Å². The smallest absolute Gasteiger partial charge is 0.227 e. The summed E-state index contributed by atoms with van der Waals surface area (Å²) in [6.07, 6.45) is 0.693. The van der Waals surface area contributed by atoms with Gasteiger partial charge < -0.3 is 14.6 Å². The molecular formula is C15H19N3O3. The number of nitrogens with zero attached hydrogens (tertiary/aromatic N) is 2. The van der Waals surface area contributed by atoms with Crippen molar-refractivity contribution in [1.29, 1.82) is 0 Å². The fraction of sp³-hybridized carbons (Fsp3) is 0.400. The average Bonchev–Trinajstić information content (AvgIpc) is 2.95. The van der Waals surface area contributed by atoms with E-state index in [1.165, 1.54) is 0 Å². The van der Waals surface area contributed by atoms with Crippen molar-refractivity contribution in [2.24, 2.45) is 0 Å². The van der Waals surface area contributed by atoms with Crippen molar-refractivity contribution in [2.75, 3.05) is 12.4 Å². The molecule has 112 valence electrons. The lowest BCUT2D eigenvalue weighted by molar-refractivity contribution is -0.116. The zero-order chi connectivity index (χ0) is 15.2. The summed E-state index contributed by atoms with van der Waals surface area (Å²) in [4.78, 5) is 16.2. The number of carbonyl (C=O) groups excluding carboxylic acids is 1. The Morgan fingerprint density at radius 3 is 2.81 bits per heavy atom. The summed E-state index contributed by atoms with van der Waals surface area (Å²) in [5, 5.41) is 6.67. The number of benzene rings is 1. The molecule has 0 aliphatic rings. The van der Waals surface area contributed by atoms with Crippen LogP contribution in [0.25, 0.3) is 0 Å². The van der Waals surface area contributed by atoms with Crippen LogP contribution in [0.15, 0.2) is 28.8 Å². The summed E-state index contributed by atoms with van der Waals surface area (Å²) in [5.74, 6) is 1.86. The van der Waals surface area contributed by atoms with Gasteiger partial charge in [-0.1, -0.05) is 31.1 Å². The second kappa shape index (κ2) is 6.88. The number of amides is 1. The van der Waals surface area contributed by atoms with Gasteiger partial charge in [-0.15, -0.1) is 0 Å². The van der Waals surface area contributed by atoms with Gasteiger partial charge in [-0.05, 0) is 12.1 Å². The Kier molecular flexibility index (Phi) is 4.92. The fourth-order valence-electron chi connectivity index (χ4n) is 1.79. The number of ether oxygens (including phenoxy) is 1. The predicted molar refractivity (Wildman–Crippen MR) is 78.3 cm³/mol. The number of methoxy groups -OCH3 is 1. The van der Waals surface area contributed by atoms with E-state index in [1.54, 1.807) is 19.2 Å². The highest BCUT2D eigenvalue weighted by Crippen LogP contribution is 2.23. The average molecular weight is 289 g/mol. The van der Waals surface area contributed by atoms with Gasteiger partial charge in [0, 0.05) is 18.8 Å². The first-order valence-electron chi connectivity index (χ1n) is 6.85. The van der Waals surface area contributed by atoms with Gasteiger partial charge in [0.2, 0.25) is 11.8 Å². The lowest BCUT2D eigenvalue weighted by Crippen LogP contribution is -2.13. The maximum absolute atomic E-state index is 11.9. The number of carbonyl (C=O) groups is 1. The number of nitrogens with one attached hydrogen (secondary N) is 1. The van der Waals surface area contributed by atoms with Crippen LogP contribution in [0.1, 0.15) is 37.9 Å². The third-order valence-electron chi connectivity index (χ3n) is 2.95. The summed E-state index contributed by atoms with van der Waals surface area (Å²) >= 11 is 0. The van der Waals surface area contributed by atoms with E-state index in [0.29, 0.717) is 29.6 Å². The van der Waals surface area contributed by atoms with Crippen molar-refractivity contribution in [3.8, 4) is 5.75 Å². The predicted octanol–water partition coefficient (Wildman–Crippen LogP) is 2.77. The highest BCUT2D eigenvalue weighted by molar-refractivity contribution is 5.92. The molecule has 0 saturated carbocycles. The van der Waals surface area contributed by atoms with Crippen LogP contribution < -0.4 is 10.1 Å². The maximum atomic E-state index is 11.9. The van der Waals surface area contributed by atoms with Crippen molar-refractivity contribution in [1.82, 2.24) is 10.1 Å². The van der Waals surface area contributed by atoms with Gasteiger partial charge in [0.15, 0.2) is 5.82 Å². The summed E-state index contributed by atoms with van der Waals surface area (Å²) in [6.45, 7) is 3.98. The molecule has 0 spiro atoms. The van der Waals surface area contributed by atoms with Crippen molar-refractivity contribution in [3.05, 3.63) is 36.0 Å². The molecular weight excluding hydrogens is 270 g/mol. The number of rotatable bonds is 6. The number of hydrogen-bond donors (Lipinski definition) is 1. The second-order valence-corrected chi connectivity index (χ2v) is 4.95. The molecule has 0 aliphatic heterocycles. The Bertz CT molecular complexity index is 608. The van der Waals surface area contributed by atoms with Crippen molar-refractivity contribution >= 4 is 11.6 Å². The van der Waals surface area contributed by atoms with Crippen molar-refractivity contribution in [3.63, 3.8) is 0 Å². The first-order valence-corrected chi connectivity index (χ1v) is 6.85. The molecule has 0 atom stereocenters. The van der Waals surface area contributed by atoms with Crippen LogP contribution in [-0.4, -0.2) is 23.2 Å². The SMILES string of the molecule is COc1ccccc1NC(=O)CCc1nc(C(C)C)no1. The van der Waals surface area contributed by atoms with Crippen molar-refractivity contribution in [2.45, 2.75) is 32.6 Å². The molecule has 21 heavy (non-hydrogen) atoms. The molecule has 6 heteroatoms. The molecule has 0 fully saturated rings. The Labute approximate surface area is 123 Å². The third kappa shape index (κ3) is 4.05. The molecule has 1 aromatic carbocycles. The zero-order valence-corrected chi connectivity index (χ0v) is 12.4. The molecule has 0 bridgehead atoms. The van der Waals surface area contributed by atoms with E-state index >= 15 is 0 Å². The number of hydrogen-bond acceptors (Lipinski definition) is 5. The van der Waals surface area contributed by atoms with E-state index in [0.717, 1.165) is 0 Å². The Balaban J connectivity index is 1.89. The molecule has 0 saturated heterocycles. The standard InChI is InChI=1S/C15H19N3O3/c1-10(2)15-17-14(21-18-15)9-8-13(19)16-11-6-4-5-7-12(11)20-3/h4-7,10H,8-9H2,1-3H3,(H,16,19). The molecule has 1 heterocycles. The first-order chi connectivity index (χ1) is 10.1. The third-order valence-corrected chi connectivity index (χ3v) is 2.95. The molecule has 0 unspecified atom stereocenters. The van der Waals surface area contributed by atoms with Crippen LogP contribution in [0.3, 0.4) is 0 Å². The van der Waals surface area contributed by atoms with Gasteiger partial charge in [0.25, 0.3) is 0 Å². The summed E-state index contributed by atoms with van der Waals surface area (Å²) < 4.78 is 10.3. The molecule has 6 nitrogen and oxygen atoms in total. The Morgan fingerprint density at radius 2 is 2.14 bits per heavy atom. The first kappa shape index (κ1) is 15.0. The Morgan fingerprint density at radius 1 is 1.38 bits per heavy atom. The highest BCUT2D eigenvalue weighted by atomic mass is 16.5. The lowest BCUT2D eigenvalue weighted by atomic mass is 10.2. The van der Waals surface area contributed by atoms with E-state index in [4.69, 9.17) is 9.26 Å². The van der Waals surface area contributed by atoms with Crippen LogP contribution in [-0.2, 0) is 11.2 Å². The van der Waals surface area contributed by atoms with Gasteiger partial charge in [0.05, 0.1) is 12.8 Å². The van der Waals surface area contributed by atoms with Crippen LogP contribution >= 0.6 is 0 Å². The molecule has 0 radical (unpaired) electrons. The number of para-hydroxylation sites is 2. The van der Waals surface area contributed by atoms with Gasteiger partial charge in [-0.25, -0.2) is 0 Å². The minimum Gasteiger partial charge on any atom is -0.495 e. The highest BCUT2D eigenvalue weighted by Gasteiger charge is 2.12. The zero-order valence-electron chi connectivity index (χ0n) is 12.4. The van der Waals surface area contributed by atoms with Crippen LogP contribution in [0.4, 0.5) is 5.69 Å². The van der Waals surface area contributed by atoms with Gasteiger partial charge in [-0.3, -0.25) is 4.79 Å². The van der Waals surface area contributed by atoms with E-state index in [2.05, 4.69) is 15.5 Å². The largest absolute Gasteiger partial charge is 0.495 e. The van der Waals surface area contributed by atoms with E-state index in [1.807, 2.05) is 26.0 Å².